The summed E-state index contributed by atoms with van der Waals surface area (Å²) in [6.07, 6.45) is 4.85. The molecule has 0 saturated heterocycles. The average Bonchev–Trinajstić information content (AvgIpc) is 3.06. The molecule has 0 radical (unpaired) electrons. The van der Waals surface area contributed by atoms with Crippen LogP contribution in [0, 0.1) is 6.92 Å². The van der Waals surface area contributed by atoms with E-state index >= 15 is 0 Å². The number of benzene rings is 1. The molecule has 142 valence electrons. The Bertz CT molecular complexity index is 699. The van der Waals surface area contributed by atoms with Crippen LogP contribution in [0.25, 0.3) is 0 Å². The molecule has 2 rings (SSSR count). The molecule has 7 heteroatoms. The van der Waals surface area contributed by atoms with Crippen molar-refractivity contribution in [3.63, 3.8) is 0 Å². The summed E-state index contributed by atoms with van der Waals surface area (Å²) < 4.78 is 13.2. The SMILES string of the molecule is CN=C(NCCCn1cc(C)cn1)NCC(C)Oc1ccccc1OC. The molecule has 1 heterocycles. The molecule has 2 N–H and O–H groups in total. The molecule has 0 aliphatic rings. The molecular formula is C19H29N5O2. The molecule has 1 atom stereocenters. The third-order valence-corrected chi connectivity index (χ3v) is 3.80. The number of aliphatic imine (C=N–C) groups is 1. The summed E-state index contributed by atoms with van der Waals surface area (Å²) in [5, 5.41) is 10.9. The highest BCUT2D eigenvalue weighted by atomic mass is 16.5. The van der Waals surface area contributed by atoms with Crippen LogP contribution in [0.15, 0.2) is 41.7 Å². The first-order valence-electron chi connectivity index (χ1n) is 8.85. The minimum atomic E-state index is -0.0306. The lowest BCUT2D eigenvalue weighted by Gasteiger charge is -2.19. The first-order chi connectivity index (χ1) is 12.6. The zero-order valence-corrected chi connectivity index (χ0v) is 16.0. The van der Waals surface area contributed by atoms with Crippen LogP contribution in [-0.2, 0) is 6.54 Å². The zero-order valence-electron chi connectivity index (χ0n) is 16.0. The fourth-order valence-electron chi connectivity index (χ4n) is 2.47. The minimum absolute atomic E-state index is 0.0306. The van der Waals surface area contributed by atoms with Gasteiger partial charge in [0.15, 0.2) is 17.5 Å². The van der Waals surface area contributed by atoms with Crippen LogP contribution in [0.1, 0.15) is 18.9 Å². The number of guanidine groups is 1. The van der Waals surface area contributed by atoms with E-state index in [1.54, 1.807) is 14.2 Å². The molecule has 1 aromatic heterocycles. The molecule has 1 aromatic carbocycles. The third-order valence-electron chi connectivity index (χ3n) is 3.80. The predicted molar refractivity (Wildman–Crippen MR) is 104 cm³/mol. The lowest BCUT2D eigenvalue weighted by Crippen LogP contribution is -2.42. The minimum Gasteiger partial charge on any atom is -0.493 e. The summed E-state index contributed by atoms with van der Waals surface area (Å²) in [5.41, 5.74) is 1.18. The van der Waals surface area contributed by atoms with Gasteiger partial charge in [-0.1, -0.05) is 12.1 Å². The Morgan fingerprint density at radius 3 is 2.69 bits per heavy atom. The second kappa shape index (κ2) is 10.3. The van der Waals surface area contributed by atoms with Crippen molar-refractivity contribution in [3.8, 4) is 11.5 Å². The van der Waals surface area contributed by atoms with Crippen molar-refractivity contribution in [2.75, 3.05) is 27.2 Å². The van der Waals surface area contributed by atoms with Crippen molar-refractivity contribution in [2.45, 2.75) is 32.9 Å². The number of aryl methyl sites for hydroxylation is 2. The molecule has 0 amide bonds. The van der Waals surface area contributed by atoms with Crippen molar-refractivity contribution in [1.82, 2.24) is 20.4 Å². The molecule has 0 bridgehead atoms. The lowest BCUT2D eigenvalue weighted by atomic mass is 10.3. The van der Waals surface area contributed by atoms with Crippen LogP contribution >= 0.6 is 0 Å². The molecule has 1 unspecified atom stereocenters. The van der Waals surface area contributed by atoms with Crippen molar-refractivity contribution in [3.05, 3.63) is 42.2 Å². The summed E-state index contributed by atoms with van der Waals surface area (Å²) in [6, 6.07) is 7.64. The van der Waals surface area contributed by atoms with E-state index in [1.165, 1.54) is 5.56 Å². The highest BCUT2D eigenvalue weighted by Crippen LogP contribution is 2.26. The summed E-state index contributed by atoms with van der Waals surface area (Å²) in [6.45, 7) is 6.39. The van der Waals surface area contributed by atoms with Gasteiger partial charge in [-0.15, -0.1) is 0 Å². The normalized spacial score (nSPS) is 12.5. The van der Waals surface area contributed by atoms with Gasteiger partial charge in [-0.05, 0) is 38.0 Å². The number of methoxy groups -OCH3 is 1. The van der Waals surface area contributed by atoms with E-state index in [9.17, 15) is 0 Å². The van der Waals surface area contributed by atoms with Crippen molar-refractivity contribution in [2.24, 2.45) is 4.99 Å². The lowest BCUT2D eigenvalue weighted by molar-refractivity contribution is 0.213. The number of hydrogen-bond acceptors (Lipinski definition) is 4. The summed E-state index contributed by atoms with van der Waals surface area (Å²) in [7, 11) is 3.40. The van der Waals surface area contributed by atoms with Gasteiger partial charge >= 0.3 is 0 Å². The Morgan fingerprint density at radius 2 is 2.04 bits per heavy atom. The second-order valence-electron chi connectivity index (χ2n) is 6.09. The van der Waals surface area contributed by atoms with Crippen molar-refractivity contribution < 1.29 is 9.47 Å². The Morgan fingerprint density at radius 1 is 1.27 bits per heavy atom. The number of ether oxygens (including phenoxy) is 2. The molecule has 0 aliphatic heterocycles. The molecular weight excluding hydrogens is 330 g/mol. The van der Waals surface area contributed by atoms with E-state index in [2.05, 4.69) is 20.7 Å². The Labute approximate surface area is 155 Å². The van der Waals surface area contributed by atoms with Crippen LogP contribution in [-0.4, -0.2) is 49.1 Å². The fourth-order valence-corrected chi connectivity index (χ4v) is 2.47. The molecule has 26 heavy (non-hydrogen) atoms. The summed E-state index contributed by atoms with van der Waals surface area (Å²) in [4.78, 5) is 4.24. The van der Waals surface area contributed by atoms with Gasteiger partial charge in [0.2, 0.25) is 0 Å². The molecule has 0 aliphatic carbocycles. The topological polar surface area (TPSA) is 72.7 Å². The van der Waals surface area contributed by atoms with Crippen LogP contribution < -0.4 is 20.1 Å². The number of nitrogens with zero attached hydrogens (tertiary/aromatic N) is 3. The second-order valence-corrected chi connectivity index (χ2v) is 6.09. The maximum absolute atomic E-state index is 5.94. The Hall–Kier alpha value is -2.70. The maximum Gasteiger partial charge on any atom is 0.191 e. The monoisotopic (exact) mass is 359 g/mol. The summed E-state index contributed by atoms with van der Waals surface area (Å²) >= 11 is 0. The van der Waals surface area contributed by atoms with E-state index < -0.39 is 0 Å². The van der Waals surface area contributed by atoms with Crippen LogP contribution in [0.2, 0.25) is 0 Å². The zero-order chi connectivity index (χ0) is 18.8. The Balaban J connectivity index is 1.69. The maximum atomic E-state index is 5.94. The smallest absolute Gasteiger partial charge is 0.191 e. The van der Waals surface area contributed by atoms with Gasteiger partial charge in [0.1, 0.15) is 6.10 Å². The van der Waals surface area contributed by atoms with Gasteiger partial charge in [0.25, 0.3) is 0 Å². The van der Waals surface area contributed by atoms with Gasteiger partial charge in [-0.2, -0.15) is 5.10 Å². The largest absolute Gasteiger partial charge is 0.493 e. The van der Waals surface area contributed by atoms with E-state index in [4.69, 9.17) is 9.47 Å². The van der Waals surface area contributed by atoms with Crippen molar-refractivity contribution >= 4 is 5.96 Å². The number of hydrogen-bond donors (Lipinski definition) is 2. The van der Waals surface area contributed by atoms with Crippen molar-refractivity contribution in [1.29, 1.82) is 0 Å². The van der Waals surface area contributed by atoms with Gasteiger partial charge in [0, 0.05) is 26.3 Å². The Kier molecular flexibility index (Phi) is 7.79. The molecule has 0 spiro atoms. The number of para-hydroxylation sites is 2. The first-order valence-corrected chi connectivity index (χ1v) is 8.85. The van der Waals surface area contributed by atoms with E-state index in [1.807, 2.05) is 55.2 Å². The van der Waals surface area contributed by atoms with Crippen LogP contribution in [0.3, 0.4) is 0 Å². The van der Waals surface area contributed by atoms with E-state index in [0.29, 0.717) is 6.54 Å². The molecule has 2 aromatic rings. The van der Waals surface area contributed by atoms with E-state index in [0.717, 1.165) is 37.0 Å². The predicted octanol–water partition coefficient (Wildman–Crippen LogP) is 2.22. The molecule has 0 saturated carbocycles. The number of nitrogens with one attached hydrogen (secondary N) is 2. The van der Waals surface area contributed by atoms with Gasteiger partial charge in [0.05, 0.1) is 19.9 Å². The summed E-state index contributed by atoms with van der Waals surface area (Å²) in [5.74, 6) is 2.23. The van der Waals surface area contributed by atoms with Crippen LogP contribution in [0.4, 0.5) is 0 Å². The van der Waals surface area contributed by atoms with Gasteiger partial charge in [-0.3, -0.25) is 9.67 Å². The molecule has 0 fully saturated rings. The third kappa shape index (κ3) is 6.31. The fraction of sp³-hybridized carbons (Fsp3) is 0.474. The molecule has 7 nitrogen and oxygen atoms in total. The number of rotatable bonds is 9. The van der Waals surface area contributed by atoms with Gasteiger partial charge < -0.3 is 20.1 Å². The average molecular weight is 359 g/mol. The first kappa shape index (κ1) is 19.6. The highest BCUT2D eigenvalue weighted by molar-refractivity contribution is 5.79. The van der Waals surface area contributed by atoms with Gasteiger partial charge in [-0.25, -0.2) is 0 Å². The van der Waals surface area contributed by atoms with Crippen LogP contribution in [0.5, 0.6) is 11.5 Å². The van der Waals surface area contributed by atoms with E-state index in [-0.39, 0.29) is 6.10 Å². The quantitative estimate of drug-likeness (QED) is 0.408. The standard InChI is InChI=1S/C19H29N5O2/c1-15-12-23-24(14-15)11-7-10-21-19(20-3)22-13-16(2)26-18-9-6-5-8-17(18)25-4/h5-6,8-9,12,14,16H,7,10-11,13H2,1-4H3,(H2,20,21,22). The number of aromatic nitrogens is 2. The highest BCUT2D eigenvalue weighted by Gasteiger charge is 2.09.